The highest BCUT2D eigenvalue weighted by Gasteiger charge is 2.06. The van der Waals surface area contributed by atoms with Crippen LogP contribution in [-0.2, 0) is 13.1 Å². The number of anilines is 1. The molecule has 0 aliphatic rings. The van der Waals surface area contributed by atoms with Gasteiger partial charge in [0.25, 0.3) is 0 Å². The Morgan fingerprint density at radius 3 is 2.58 bits per heavy atom. The Balaban J connectivity index is 2.03. The van der Waals surface area contributed by atoms with E-state index < -0.39 is 0 Å². The largest absolute Gasteiger partial charge is 0.506 e. The van der Waals surface area contributed by atoms with E-state index in [0.717, 1.165) is 5.56 Å². The highest BCUT2D eigenvalue weighted by Crippen LogP contribution is 2.21. The lowest BCUT2D eigenvalue weighted by molar-refractivity contribution is 0.313. The van der Waals surface area contributed by atoms with Gasteiger partial charge in [-0.2, -0.15) is 0 Å². The van der Waals surface area contributed by atoms with Gasteiger partial charge < -0.3 is 10.8 Å². The van der Waals surface area contributed by atoms with Crippen molar-refractivity contribution in [3.8, 4) is 5.75 Å². The van der Waals surface area contributed by atoms with Gasteiger partial charge in [0.15, 0.2) is 0 Å². The van der Waals surface area contributed by atoms with Crippen LogP contribution < -0.4 is 5.73 Å². The van der Waals surface area contributed by atoms with E-state index >= 15 is 0 Å². The molecule has 0 atom stereocenters. The maximum absolute atomic E-state index is 13.5. The number of phenols is 1. The molecule has 0 aliphatic heterocycles. The van der Waals surface area contributed by atoms with Gasteiger partial charge in [-0.1, -0.05) is 24.3 Å². The minimum absolute atomic E-state index is 0.0838. The Kier molecular flexibility index (Phi) is 4.02. The van der Waals surface area contributed by atoms with Gasteiger partial charge in [0.1, 0.15) is 11.6 Å². The molecule has 2 aromatic carbocycles. The topological polar surface area (TPSA) is 49.5 Å². The molecule has 3 N–H and O–H groups in total. The van der Waals surface area contributed by atoms with Crippen LogP contribution in [-0.4, -0.2) is 17.1 Å². The molecule has 19 heavy (non-hydrogen) atoms. The molecule has 100 valence electrons. The van der Waals surface area contributed by atoms with Crippen LogP contribution in [0.2, 0.25) is 0 Å². The molecular weight excluding hydrogens is 243 g/mol. The van der Waals surface area contributed by atoms with E-state index in [9.17, 15) is 9.50 Å². The summed E-state index contributed by atoms with van der Waals surface area (Å²) >= 11 is 0. The second kappa shape index (κ2) is 5.71. The van der Waals surface area contributed by atoms with Crippen molar-refractivity contribution < 1.29 is 9.50 Å². The summed E-state index contributed by atoms with van der Waals surface area (Å²) < 4.78 is 13.5. The first-order chi connectivity index (χ1) is 9.06. The summed E-state index contributed by atoms with van der Waals surface area (Å²) in [6.45, 7) is 1.16. The van der Waals surface area contributed by atoms with Crippen molar-refractivity contribution in [2.75, 3.05) is 12.8 Å². The number of aromatic hydroxyl groups is 1. The Morgan fingerprint density at radius 1 is 1.16 bits per heavy atom. The van der Waals surface area contributed by atoms with Crippen LogP contribution in [0.1, 0.15) is 11.1 Å². The molecule has 0 aromatic heterocycles. The molecule has 2 rings (SSSR count). The predicted molar refractivity (Wildman–Crippen MR) is 74.1 cm³/mol. The van der Waals surface area contributed by atoms with Crippen molar-refractivity contribution >= 4 is 5.69 Å². The lowest BCUT2D eigenvalue weighted by atomic mass is 10.1. The van der Waals surface area contributed by atoms with Crippen molar-refractivity contribution in [3.63, 3.8) is 0 Å². The smallest absolute Gasteiger partial charge is 0.138 e. The van der Waals surface area contributed by atoms with Gasteiger partial charge in [0, 0.05) is 18.7 Å². The average molecular weight is 260 g/mol. The normalized spacial score (nSPS) is 10.9. The summed E-state index contributed by atoms with van der Waals surface area (Å²) in [7, 11) is 1.91. The van der Waals surface area contributed by atoms with Gasteiger partial charge in [0.2, 0.25) is 0 Å². The van der Waals surface area contributed by atoms with Crippen LogP contribution in [0.5, 0.6) is 5.75 Å². The molecule has 0 saturated heterocycles. The molecule has 0 spiro atoms. The molecule has 4 heteroatoms. The van der Waals surface area contributed by atoms with Crippen LogP contribution in [0.25, 0.3) is 0 Å². The third kappa shape index (κ3) is 3.45. The van der Waals surface area contributed by atoms with Gasteiger partial charge in [-0.15, -0.1) is 0 Å². The van der Waals surface area contributed by atoms with Crippen molar-refractivity contribution in [2.24, 2.45) is 0 Å². The molecule has 0 fully saturated rings. The first-order valence-electron chi connectivity index (χ1n) is 6.05. The second-order valence-corrected chi connectivity index (χ2v) is 4.66. The molecule has 2 aromatic rings. The number of hydrogen-bond donors (Lipinski definition) is 2. The molecule has 0 unspecified atom stereocenters. The summed E-state index contributed by atoms with van der Waals surface area (Å²) in [5.41, 5.74) is 7.65. The maximum atomic E-state index is 13.5. The van der Waals surface area contributed by atoms with E-state index in [1.54, 1.807) is 24.3 Å². The molecule has 0 aliphatic carbocycles. The van der Waals surface area contributed by atoms with Gasteiger partial charge in [-0.05, 0) is 30.8 Å². The van der Waals surface area contributed by atoms with E-state index in [1.165, 1.54) is 6.07 Å². The lowest BCUT2D eigenvalue weighted by Gasteiger charge is -2.17. The van der Waals surface area contributed by atoms with E-state index in [-0.39, 0.29) is 11.6 Å². The molecule has 0 bridgehead atoms. The van der Waals surface area contributed by atoms with E-state index in [1.807, 2.05) is 24.1 Å². The lowest BCUT2D eigenvalue weighted by Crippen LogP contribution is -2.18. The predicted octanol–water partition coefficient (Wildman–Crippen LogP) is 2.75. The zero-order chi connectivity index (χ0) is 13.8. The maximum Gasteiger partial charge on any atom is 0.138 e. The van der Waals surface area contributed by atoms with Gasteiger partial charge >= 0.3 is 0 Å². The summed E-state index contributed by atoms with van der Waals surface area (Å²) in [5.74, 6) is -0.111. The minimum atomic E-state index is -0.195. The Hall–Kier alpha value is -2.07. The fourth-order valence-electron chi connectivity index (χ4n) is 1.99. The quantitative estimate of drug-likeness (QED) is 0.656. The number of nitrogens with two attached hydrogens (primary N) is 1. The summed E-state index contributed by atoms with van der Waals surface area (Å²) in [6, 6.07) is 11.8. The molecule has 3 nitrogen and oxygen atoms in total. The number of nitrogen functional groups attached to an aromatic ring is 1. The van der Waals surface area contributed by atoms with Gasteiger partial charge in [-0.3, -0.25) is 4.90 Å². The molecule has 0 radical (unpaired) electrons. The van der Waals surface area contributed by atoms with E-state index in [4.69, 9.17) is 5.73 Å². The highest BCUT2D eigenvalue weighted by atomic mass is 19.1. The van der Waals surface area contributed by atoms with Crippen molar-refractivity contribution in [2.45, 2.75) is 13.1 Å². The number of nitrogens with zero attached hydrogens (tertiary/aromatic N) is 1. The first-order valence-corrected chi connectivity index (χ1v) is 6.05. The Labute approximate surface area is 112 Å². The number of hydrogen-bond acceptors (Lipinski definition) is 3. The van der Waals surface area contributed by atoms with Crippen LogP contribution >= 0.6 is 0 Å². The summed E-state index contributed by atoms with van der Waals surface area (Å²) in [4.78, 5) is 1.99. The second-order valence-electron chi connectivity index (χ2n) is 4.66. The monoisotopic (exact) mass is 260 g/mol. The van der Waals surface area contributed by atoms with Gasteiger partial charge in [-0.25, -0.2) is 4.39 Å². The summed E-state index contributed by atoms with van der Waals surface area (Å²) in [5, 5.41) is 9.36. The fraction of sp³-hybridized carbons (Fsp3) is 0.200. The number of rotatable bonds is 4. The Morgan fingerprint density at radius 2 is 1.89 bits per heavy atom. The van der Waals surface area contributed by atoms with Crippen LogP contribution in [0, 0.1) is 5.82 Å². The van der Waals surface area contributed by atoms with Crippen LogP contribution in [0.3, 0.4) is 0 Å². The fourth-order valence-corrected chi connectivity index (χ4v) is 1.99. The molecule has 0 heterocycles. The van der Waals surface area contributed by atoms with Crippen LogP contribution in [0.4, 0.5) is 10.1 Å². The minimum Gasteiger partial charge on any atom is -0.506 e. The third-order valence-electron chi connectivity index (χ3n) is 2.94. The number of phenolic OH excluding ortho intramolecular Hbond substituents is 1. The average Bonchev–Trinajstić information content (AvgIpc) is 2.37. The van der Waals surface area contributed by atoms with E-state index in [0.29, 0.717) is 24.3 Å². The highest BCUT2D eigenvalue weighted by molar-refractivity contribution is 5.53. The van der Waals surface area contributed by atoms with Crippen molar-refractivity contribution in [3.05, 3.63) is 59.4 Å². The standard InChI is InChI=1S/C15H17FN2O/c1-18(10-12-4-2-3-5-13(12)16)9-11-6-7-15(19)14(17)8-11/h2-8,19H,9-10,17H2,1H3. The number of halogens is 1. The first kappa shape index (κ1) is 13.4. The summed E-state index contributed by atoms with van der Waals surface area (Å²) in [6.07, 6.45) is 0. The zero-order valence-electron chi connectivity index (χ0n) is 10.8. The van der Waals surface area contributed by atoms with Gasteiger partial charge in [0.05, 0.1) is 5.69 Å². The molecular formula is C15H17FN2O. The number of benzene rings is 2. The van der Waals surface area contributed by atoms with Crippen LogP contribution in [0.15, 0.2) is 42.5 Å². The molecule has 0 saturated carbocycles. The Bertz CT molecular complexity index is 572. The zero-order valence-corrected chi connectivity index (χ0v) is 10.8. The SMILES string of the molecule is CN(Cc1ccc(O)c(N)c1)Cc1ccccc1F. The molecule has 0 amide bonds. The van der Waals surface area contributed by atoms with E-state index in [2.05, 4.69) is 0 Å². The van der Waals surface area contributed by atoms with Crippen molar-refractivity contribution in [1.29, 1.82) is 0 Å². The van der Waals surface area contributed by atoms with Crippen molar-refractivity contribution in [1.82, 2.24) is 4.90 Å². The third-order valence-corrected chi connectivity index (χ3v) is 2.94.